The zero-order valence-corrected chi connectivity index (χ0v) is 20.2. The van der Waals surface area contributed by atoms with Crippen molar-refractivity contribution in [3.05, 3.63) is 16.0 Å². The van der Waals surface area contributed by atoms with Crippen molar-refractivity contribution in [1.82, 2.24) is 0 Å². The second-order valence-corrected chi connectivity index (χ2v) is 9.48. The normalized spacial score (nSPS) is 13.3. The summed E-state index contributed by atoms with van der Waals surface area (Å²) in [6, 6.07) is 0.801. The molecule has 4 nitrogen and oxygen atoms in total. The van der Waals surface area contributed by atoms with Gasteiger partial charge >= 0.3 is 17.1 Å². The van der Waals surface area contributed by atoms with E-state index in [1.54, 1.807) is 0 Å². The van der Waals surface area contributed by atoms with Crippen LogP contribution >= 0.6 is 0 Å². The first-order chi connectivity index (χ1) is 10.4. The zero-order valence-electron chi connectivity index (χ0n) is 19.0. The molecule has 0 radical (unpaired) electrons. The van der Waals surface area contributed by atoms with E-state index in [1.807, 2.05) is 13.1 Å². The molecule has 25 heavy (non-hydrogen) atoms. The molecule has 0 atom stereocenters. The van der Waals surface area contributed by atoms with E-state index in [2.05, 4.69) is 98.7 Å². The first-order valence-corrected chi connectivity index (χ1v) is 9.14. The zero-order chi connectivity index (χ0) is 19.8. The van der Waals surface area contributed by atoms with Crippen molar-refractivity contribution in [3.8, 4) is 0 Å². The van der Waals surface area contributed by atoms with Gasteiger partial charge in [0, 0.05) is 0 Å². The summed E-state index contributed by atoms with van der Waals surface area (Å²) < 4.78 is 0. The maximum atomic E-state index is 4.70. The topological polar surface area (TPSA) is 54.7 Å². The molecule has 0 aliphatic heterocycles. The van der Waals surface area contributed by atoms with E-state index in [-0.39, 0.29) is 39.9 Å². The molecular formula is C20H43MnN4. The van der Waals surface area contributed by atoms with Crippen LogP contribution in [0.2, 0.25) is 0 Å². The summed E-state index contributed by atoms with van der Waals surface area (Å²) in [5.41, 5.74) is -0.191. The molecule has 0 saturated heterocycles. The van der Waals surface area contributed by atoms with Crippen LogP contribution in [0.3, 0.4) is 0 Å². The summed E-state index contributed by atoms with van der Waals surface area (Å²) in [6.45, 7) is 27.1. The molecule has 0 saturated carbocycles. The Bertz CT molecular complexity index is 340. The van der Waals surface area contributed by atoms with Gasteiger partial charge < -0.3 is 16.0 Å². The smallest absolute Gasteiger partial charge is 0.676 e. The maximum absolute atomic E-state index is 4.70. The van der Waals surface area contributed by atoms with Crippen LogP contribution in [0.15, 0.2) is 4.99 Å². The van der Waals surface area contributed by atoms with Crippen molar-refractivity contribution in [2.75, 3.05) is 0 Å². The van der Waals surface area contributed by atoms with E-state index in [0.717, 1.165) is 0 Å². The predicted molar refractivity (Wildman–Crippen MR) is 112 cm³/mol. The standard InChI is InChI=1S/C12H25N2.C8H18N2.Mn/c1-10(2,3)13-9-12(7,8)14-11(4,5)6;1-6(2)9-8(5)10-7(3)4;/h9H,1-8H3;6-8H,1-5H3;/q-1;-2;+3. The van der Waals surface area contributed by atoms with Gasteiger partial charge in [-0.3, -0.25) is 4.99 Å². The Balaban J connectivity index is -0.000000392. The summed E-state index contributed by atoms with van der Waals surface area (Å²) in [4.78, 5) is 4.49. The third-order valence-electron chi connectivity index (χ3n) is 2.42. The SMILES string of the molecule is CC(C)(C)N=CC(C)(C)[N-]C(C)(C)C.CC(C)[N-]C(C)[N-]C(C)C.[Mn+3]. The first-order valence-electron chi connectivity index (χ1n) is 9.14. The second kappa shape index (κ2) is 12.5. The second-order valence-electron chi connectivity index (χ2n) is 9.48. The van der Waals surface area contributed by atoms with Gasteiger partial charge in [-0.1, -0.05) is 67.9 Å². The molecule has 0 aromatic carbocycles. The fraction of sp³-hybridized carbons (Fsp3) is 0.950. The fourth-order valence-electron chi connectivity index (χ4n) is 2.15. The van der Waals surface area contributed by atoms with Crippen LogP contribution in [0.25, 0.3) is 16.0 Å². The van der Waals surface area contributed by atoms with Crippen LogP contribution in [-0.4, -0.2) is 41.1 Å². The molecule has 0 bridgehead atoms. The molecule has 0 aromatic heterocycles. The van der Waals surface area contributed by atoms with E-state index >= 15 is 0 Å². The first kappa shape index (κ1) is 29.8. The summed E-state index contributed by atoms with van der Waals surface area (Å²) in [5.74, 6) is 0. The number of nitrogens with zero attached hydrogens (tertiary/aromatic N) is 4. The maximum Gasteiger partial charge on any atom is 3.00 e. The van der Waals surface area contributed by atoms with Gasteiger partial charge in [0.1, 0.15) is 0 Å². The average molecular weight is 395 g/mol. The molecule has 0 spiro atoms. The van der Waals surface area contributed by atoms with E-state index < -0.39 is 0 Å². The summed E-state index contributed by atoms with van der Waals surface area (Å²) >= 11 is 0. The van der Waals surface area contributed by atoms with E-state index in [0.29, 0.717) is 12.1 Å². The molecule has 0 fully saturated rings. The Morgan fingerprint density at radius 1 is 0.720 bits per heavy atom. The molecule has 0 aliphatic rings. The van der Waals surface area contributed by atoms with Crippen LogP contribution in [0, 0.1) is 0 Å². The molecule has 5 heteroatoms. The summed E-state index contributed by atoms with van der Waals surface area (Å²) in [6.07, 6.45) is 2.12. The van der Waals surface area contributed by atoms with Crippen LogP contribution in [0.1, 0.15) is 90.0 Å². The monoisotopic (exact) mass is 394 g/mol. The number of rotatable bonds is 6. The average Bonchev–Trinajstić information content (AvgIpc) is 2.20. The van der Waals surface area contributed by atoms with E-state index in [9.17, 15) is 0 Å². The molecule has 0 heterocycles. The molecule has 0 aromatic rings. The summed E-state index contributed by atoms with van der Waals surface area (Å²) in [7, 11) is 0. The molecule has 0 rings (SSSR count). The quantitative estimate of drug-likeness (QED) is 0.355. The minimum absolute atomic E-state index is 0. The molecule has 0 N–H and O–H groups in total. The number of hydrogen-bond acceptors (Lipinski definition) is 1. The largest absolute Gasteiger partial charge is 3.00 e. The van der Waals surface area contributed by atoms with Gasteiger partial charge in [0.05, 0.1) is 5.54 Å². The van der Waals surface area contributed by atoms with Crippen molar-refractivity contribution in [2.24, 2.45) is 4.99 Å². The molecule has 150 valence electrons. The van der Waals surface area contributed by atoms with Gasteiger partial charge in [-0.2, -0.15) is 0 Å². The van der Waals surface area contributed by atoms with E-state index in [1.165, 1.54) is 0 Å². The van der Waals surface area contributed by atoms with Gasteiger partial charge in [0.2, 0.25) is 0 Å². The summed E-state index contributed by atoms with van der Waals surface area (Å²) in [5, 5.41) is 13.4. The molecule has 0 aliphatic carbocycles. The van der Waals surface area contributed by atoms with Crippen molar-refractivity contribution in [1.29, 1.82) is 0 Å². The Kier molecular flexibility index (Phi) is 14.9. The molecular weight excluding hydrogens is 351 g/mol. The van der Waals surface area contributed by atoms with Crippen LogP contribution in [0.4, 0.5) is 0 Å². The third kappa shape index (κ3) is 26.4. The van der Waals surface area contributed by atoms with Crippen LogP contribution < -0.4 is 0 Å². The number of hydrogen-bond donors (Lipinski definition) is 0. The molecule has 0 unspecified atom stereocenters. The van der Waals surface area contributed by atoms with Crippen molar-refractivity contribution in [3.63, 3.8) is 0 Å². The number of aliphatic imine (C=N–C) groups is 1. The third-order valence-corrected chi connectivity index (χ3v) is 2.42. The predicted octanol–water partition coefficient (Wildman–Crippen LogP) is 6.70. The van der Waals surface area contributed by atoms with Crippen molar-refractivity contribution >= 4 is 6.21 Å². The van der Waals surface area contributed by atoms with Crippen LogP contribution in [0.5, 0.6) is 0 Å². The van der Waals surface area contributed by atoms with Crippen molar-refractivity contribution < 1.29 is 17.1 Å². The fourth-order valence-corrected chi connectivity index (χ4v) is 2.15. The van der Waals surface area contributed by atoms with Crippen molar-refractivity contribution in [2.45, 2.75) is 125 Å². The van der Waals surface area contributed by atoms with E-state index in [4.69, 9.17) is 5.32 Å². The minimum atomic E-state index is -0.175. The minimum Gasteiger partial charge on any atom is -0.676 e. The van der Waals surface area contributed by atoms with Gasteiger partial charge in [0.25, 0.3) is 0 Å². The Labute approximate surface area is 169 Å². The van der Waals surface area contributed by atoms with Gasteiger partial charge in [0.15, 0.2) is 0 Å². The van der Waals surface area contributed by atoms with Gasteiger partial charge in [-0.15, -0.1) is 24.5 Å². The Morgan fingerprint density at radius 3 is 1.32 bits per heavy atom. The van der Waals surface area contributed by atoms with Gasteiger partial charge in [-0.25, -0.2) is 6.17 Å². The van der Waals surface area contributed by atoms with Crippen LogP contribution in [-0.2, 0) is 17.1 Å². The van der Waals surface area contributed by atoms with Gasteiger partial charge in [-0.05, 0) is 27.0 Å². The Hall–Kier alpha value is 0.0695. The molecule has 0 amide bonds. The Morgan fingerprint density at radius 2 is 1.08 bits per heavy atom.